The summed E-state index contributed by atoms with van der Waals surface area (Å²) in [6, 6.07) is 13.4. The highest BCUT2D eigenvalue weighted by Crippen LogP contribution is 2.28. The fourth-order valence-corrected chi connectivity index (χ4v) is 2.35. The van der Waals surface area contributed by atoms with E-state index in [9.17, 15) is 4.79 Å². The van der Waals surface area contributed by atoms with E-state index in [1.165, 1.54) is 11.3 Å². The van der Waals surface area contributed by atoms with E-state index in [1.54, 1.807) is 6.92 Å². The Morgan fingerprint density at radius 2 is 2.06 bits per heavy atom. The monoisotopic (exact) mass is 257 g/mol. The Labute approximate surface area is 109 Å². The standard InChI is InChI=1S/C14H11NO2S/c1-10(9-15)17-14(16)13-12(7-8-18-13)11-5-3-2-4-6-11/h2-8,10H,1H3. The molecule has 2 aromatic rings. The van der Waals surface area contributed by atoms with Gasteiger partial charge in [-0.15, -0.1) is 11.3 Å². The molecule has 1 unspecified atom stereocenters. The van der Waals surface area contributed by atoms with Crippen molar-refractivity contribution in [3.8, 4) is 17.2 Å². The van der Waals surface area contributed by atoms with Crippen LogP contribution in [0.2, 0.25) is 0 Å². The van der Waals surface area contributed by atoms with Crippen molar-refractivity contribution in [3.63, 3.8) is 0 Å². The van der Waals surface area contributed by atoms with Crippen LogP contribution in [0.5, 0.6) is 0 Å². The summed E-state index contributed by atoms with van der Waals surface area (Å²) in [4.78, 5) is 12.4. The van der Waals surface area contributed by atoms with Crippen molar-refractivity contribution < 1.29 is 9.53 Å². The minimum absolute atomic E-state index is 0.446. The molecule has 0 saturated heterocycles. The minimum Gasteiger partial charge on any atom is -0.443 e. The van der Waals surface area contributed by atoms with E-state index >= 15 is 0 Å². The summed E-state index contributed by atoms with van der Waals surface area (Å²) in [7, 11) is 0. The van der Waals surface area contributed by atoms with Crippen molar-refractivity contribution in [2.24, 2.45) is 0 Å². The molecule has 0 radical (unpaired) electrons. The summed E-state index contributed by atoms with van der Waals surface area (Å²) in [5.41, 5.74) is 1.81. The fourth-order valence-electron chi connectivity index (χ4n) is 1.55. The molecule has 0 spiro atoms. The summed E-state index contributed by atoms with van der Waals surface area (Å²) in [6.45, 7) is 1.55. The van der Waals surface area contributed by atoms with Crippen molar-refractivity contribution in [3.05, 3.63) is 46.7 Å². The van der Waals surface area contributed by atoms with E-state index in [-0.39, 0.29) is 0 Å². The lowest BCUT2D eigenvalue weighted by molar-refractivity contribution is 0.0442. The van der Waals surface area contributed by atoms with Gasteiger partial charge in [-0.2, -0.15) is 5.26 Å². The number of hydrogen-bond acceptors (Lipinski definition) is 4. The number of hydrogen-bond donors (Lipinski definition) is 0. The zero-order valence-corrected chi connectivity index (χ0v) is 10.6. The van der Waals surface area contributed by atoms with Crippen LogP contribution in [-0.4, -0.2) is 12.1 Å². The molecule has 1 aromatic carbocycles. The van der Waals surface area contributed by atoms with Crippen molar-refractivity contribution in [2.45, 2.75) is 13.0 Å². The topological polar surface area (TPSA) is 50.1 Å². The zero-order valence-electron chi connectivity index (χ0n) is 9.79. The second-order valence-corrected chi connectivity index (χ2v) is 4.62. The molecule has 1 aromatic heterocycles. The first-order chi connectivity index (χ1) is 8.72. The predicted molar refractivity (Wildman–Crippen MR) is 70.2 cm³/mol. The summed E-state index contributed by atoms with van der Waals surface area (Å²) >= 11 is 1.32. The number of esters is 1. The van der Waals surface area contributed by atoms with E-state index in [2.05, 4.69) is 0 Å². The lowest BCUT2D eigenvalue weighted by atomic mass is 10.1. The number of benzene rings is 1. The first-order valence-electron chi connectivity index (χ1n) is 5.46. The Balaban J connectivity index is 2.29. The summed E-state index contributed by atoms with van der Waals surface area (Å²) < 4.78 is 5.02. The van der Waals surface area contributed by atoms with Crippen LogP contribution in [0.4, 0.5) is 0 Å². The van der Waals surface area contributed by atoms with E-state index in [4.69, 9.17) is 10.00 Å². The fraction of sp³-hybridized carbons (Fsp3) is 0.143. The van der Waals surface area contributed by atoms with Crippen LogP contribution < -0.4 is 0 Å². The van der Waals surface area contributed by atoms with Gasteiger partial charge in [-0.25, -0.2) is 4.79 Å². The number of carbonyl (C=O) groups is 1. The van der Waals surface area contributed by atoms with Gasteiger partial charge in [0.2, 0.25) is 0 Å². The van der Waals surface area contributed by atoms with Gasteiger partial charge in [-0.3, -0.25) is 0 Å². The molecule has 0 aliphatic heterocycles. The molecule has 1 heterocycles. The van der Waals surface area contributed by atoms with Gasteiger partial charge in [0, 0.05) is 5.56 Å². The molecule has 3 nitrogen and oxygen atoms in total. The van der Waals surface area contributed by atoms with Crippen molar-refractivity contribution >= 4 is 17.3 Å². The molecule has 2 rings (SSSR count). The Kier molecular flexibility index (Phi) is 3.75. The van der Waals surface area contributed by atoms with Crippen LogP contribution in [0, 0.1) is 11.3 Å². The third-order valence-corrected chi connectivity index (χ3v) is 3.30. The molecule has 1 atom stereocenters. The molecule has 0 aliphatic carbocycles. The maximum absolute atomic E-state index is 11.9. The molecular weight excluding hydrogens is 246 g/mol. The van der Waals surface area contributed by atoms with Crippen molar-refractivity contribution in [1.82, 2.24) is 0 Å². The quantitative estimate of drug-likeness (QED) is 0.791. The highest BCUT2D eigenvalue weighted by molar-refractivity contribution is 7.12. The van der Waals surface area contributed by atoms with Crippen molar-refractivity contribution in [1.29, 1.82) is 5.26 Å². The third-order valence-electron chi connectivity index (χ3n) is 2.40. The summed E-state index contributed by atoms with van der Waals surface area (Å²) in [6.07, 6.45) is -0.733. The van der Waals surface area contributed by atoms with E-state index in [1.807, 2.05) is 47.8 Å². The lowest BCUT2D eigenvalue weighted by Gasteiger charge is -2.06. The van der Waals surface area contributed by atoms with Crippen LogP contribution in [0.25, 0.3) is 11.1 Å². The third kappa shape index (κ3) is 2.58. The lowest BCUT2D eigenvalue weighted by Crippen LogP contribution is -2.12. The van der Waals surface area contributed by atoms with Gasteiger partial charge in [-0.05, 0) is 23.9 Å². The van der Waals surface area contributed by atoms with Gasteiger partial charge in [0.15, 0.2) is 6.10 Å². The molecule has 0 amide bonds. The Morgan fingerprint density at radius 3 is 2.72 bits per heavy atom. The predicted octanol–water partition coefficient (Wildman–Crippen LogP) is 3.48. The van der Waals surface area contributed by atoms with Gasteiger partial charge in [0.25, 0.3) is 0 Å². The summed E-state index contributed by atoms with van der Waals surface area (Å²) in [5, 5.41) is 10.5. The number of nitrogens with zero attached hydrogens (tertiary/aromatic N) is 1. The molecular formula is C14H11NO2S. The molecule has 18 heavy (non-hydrogen) atoms. The van der Waals surface area contributed by atoms with Crippen LogP contribution in [-0.2, 0) is 4.74 Å². The smallest absolute Gasteiger partial charge is 0.350 e. The molecule has 0 fully saturated rings. The average Bonchev–Trinajstić information content (AvgIpc) is 2.88. The second-order valence-electron chi connectivity index (χ2n) is 3.71. The molecule has 0 N–H and O–H groups in total. The number of rotatable bonds is 3. The first-order valence-corrected chi connectivity index (χ1v) is 6.34. The van der Waals surface area contributed by atoms with Crippen LogP contribution in [0.3, 0.4) is 0 Å². The normalized spacial score (nSPS) is 11.6. The Bertz CT molecular complexity index is 583. The Hall–Kier alpha value is -2.12. The first kappa shape index (κ1) is 12.3. The van der Waals surface area contributed by atoms with E-state index < -0.39 is 12.1 Å². The number of ether oxygens (including phenoxy) is 1. The van der Waals surface area contributed by atoms with Gasteiger partial charge in [0.05, 0.1) is 0 Å². The molecule has 0 aliphatic rings. The Morgan fingerprint density at radius 1 is 1.33 bits per heavy atom. The highest BCUT2D eigenvalue weighted by Gasteiger charge is 2.17. The number of carbonyl (C=O) groups excluding carboxylic acids is 1. The van der Waals surface area contributed by atoms with E-state index in [0.29, 0.717) is 4.88 Å². The minimum atomic E-state index is -0.733. The largest absolute Gasteiger partial charge is 0.443 e. The molecule has 4 heteroatoms. The second kappa shape index (κ2) is 5.48. The highest BCUT2D eigenvalue weighted by atomic mass is 32.1. The van der Waals surface area contributed by atoms with Crippen molar-refractivity contribution in [2.75, 3.05) is 0 Å². The van der Waals surface area contributed by atoms with Gasteiger partial charge < -0.3 is 4.74 Å². The van der Waals surface area contributed by atoms with Crippen LogP contribution >= 0.6 is 11.3 Å². The van der Waals surface area contributed by atoms with E-state index in [0.717, 1.165) is 11.1 Å². The number of nitriles is 1. The molecule has 0 bridgehead atoms. The summed E-state index contributed by atoms with van der Waals surface area (Å²) in [5.74, 6) is -0.446. The zero-order chi connectivity index (χ0) is 13.0. The average molecular weight is 257 g/mol. The molecule has 90 valence electrons. The van der Waals surface area contributed by atoms with Gasteiger partial charge >= 0.3 is 5.97 Å². The maximum atomic E-state index is 11.9. The van der Waals surface area contributed by atoms with Gasteiger partial charge in [0.1, 0.15) is 10.9 Å². The molecule has 0 saturated carbocycles. The maximum Gasteiger partial charge on any atom is 0.350 e. The van der Waals surface area contributed by atoms with Crippen LogP contribution in [0.1, 0.15) is 16.6 Å². The van der Waals surface area contributed by atoms with Gasteiger partial charge in [-0.1, -0.05) is 30.3 Å². The SMILES string of the molecule is CC(C#N)OC(=O)c1sccc1-c1ccccc1. The van der Waals surface area contributed by atoms with Crippen LogP contribution in [0.15, 0.2) is 41.8 Å². The number of thiophene rings is 1.